The number of amides is 1. The summed E-state index contributed by atoms with van der Waals surface area (Å²) in [5.74, 6) is 1.44. The highest BCUT2D eigenvalue weighted by atomic mass is 32.2. The van der Waals surface area contributed by atoms with Crippen LogP contribution in [0.1, 0.15) is 11.1 Å². The Morgan fingerprint density at radius 3 is 2.44 bits per heavy atom. The van der Waals surface area contributed by atoms with E-state index in [2.05, 4.69) is 5.32 Å². The highest BCUT2D eigenvalue weighted by Crippen LogP contribution is 2.32. The summed E-state index contributed by atoms with van der Waals surface area (Å²) in [6.45, 7) is 0.275. The number of carbonyl (C=O) groups is 1. The monoisotopic (exact) mass is 482 g/mol. The minimum atomic E-state index is -3.90. The Morgan fingerprint density at radius 1 is 0.971 bits per heavy atom. The molecule has 1 N–H and O–H groups in total. The number of fused-ring (bicyclic) bond motifs is 1. The fourth-order valence-electron chi connectivity index (χ4n) is 3.55. The zero-order chi connectivity index (χ0) is 24.0. The van der Waals surface area contributed by atoms with Gasteiger partial charge in [0.1, 0.15) is 5.75 Å². The zero-order valence-electron chi connectivity index (χ0n) is 18.8. The summed E-state index contributed by atoms with van der Waals surface area (Å²) in [5.41, 5.74) is 1.81. The van der Waals surface area contributed by atoms with Crippen molar-refractivity contribution < 1.29 is 27.4 Å². The molecule has 1 heterocycles. The van der Waals surface area contributed by atoms with Gasteiger partial charge in [0.2, 0.25) is 22.7 Å². The number of ether oxygens (including phenoxy) is 3. The van der Waals surface area contributed by atoms with Crippen molar-refractivity contribution in [3.05, 3.63) is 83.9 Å². The molecule has 0 saturated heterocycles. The molecule has 0 unspecified atom stereocenters. The fourth-order valence-corrected chi connectivity index (χ4v) is 4.94. The van der Waals surface area contributed by atoms with Gasteiger partial charge in [0.25, 0.3) is 0 Å². The van der Waals surface area contributed by atoms with Gasteiger partial charge in [-0.15, -0.1) is 0 Å². The Balaban J connectivity index is 1.46. The van der Waals surface area contributed by atoms with Crippen molar-refractivity contribution in [2.75, 3.05) is 27.0 Å². The van der Waals surface area contributed by atoms with Crippen LogP contribution in [0.3, 0.4) is 0 Å². The molecule has 0 aliphatic carbocycles. The smallest absolute Gasteiger partial charge is 0.243 e. The van der Waals surface area contributed by atoms with Gasteiger partial charge in [-0.05, 0) is 53.9 Å². The van der Waals surface area contributed by atoms with Gasteiger partial charge in [-0.3, -0.25) is 4.79 Å². The van der Waals surface area contributed by atoms with Gasteiger partial charge in [-0.1, -0.05) is 36.4 Å². The highest BCUT2D eigenvalue weighted by molar-refractivity contribution is 7.89. The number of sulfonamides is 1. The van der Waals surface area contributed by atoms with Crippen LogP contribution < -0.4 is 19.5 Å². The molecular formula is C25H26N2O6S. The summed E-state index contributed by atoms with van der Waals surface area (Å²) in [7, 11) is -2.39. The Morgan fingerprint density at radius 2 is 1.71 bits per heavy atom. The lowest BCUT2D eigenvalue weighted by Gasteiger charge is -2.22. The van der Waals surface area contributed by atoms with Crippen LogP contribution in [0.4, 0.5) is 0 Å². The number of hydrogen-bond acceptors (Lipinski definition) is 6. The van der Waals surface area contributed by atoms with E-state index >= 15 is 0 Å². The second-order valence-electron chi connectivity index (χ2n) is 7.71. The predicted octanol–water partition coefficient (Wildman–Crippen LogP) is 2.97. The summed E-state index contributed by atoms with van der Waals surface area (Å²) >= 11 is 0. The van der Waals surface area contributed by atoms with E-state index in [0.29, 0.717) is 23.7 Å². The van der Waals surface area contributed by atoms with E-state index in [0.717, 1.165) is 11.1 Å². The Kier molecular flexibility index (Phi) is 7.34. The molecule has 0 saturated carbocycles. The molecular weight excluding hydrogens is 456 g/mol. The fraction of sp³-hybridized carbons (Fsp3) is 0.240. The number of carbonyl (C=O) groups excluding carboxylic acids is 1. The molecule has 1 aliphatic heterocycles. The van der Waals surface area contributed by atoms with Gasteiger partial charge in [-0.2, -0.15) is 4.31 Å². The van der Waals surface area contributed by atoms with E-state index in [1.165, 1.54) is 23.5 Å². The number of nitrogens with zero attached hydrogens (tertiary/aromatic N) is 1. The first-order valence-corrected chi connectivity index (χ1v) is 12.2. The SMILES string of the molecule is COc1ccc(S(=O)(=O)N(CCc2ccccc2)CC(=O)NCc2ccc3c(c2)OCO3)cc1. The van der Waals surface area contributed by atoms with E-state index in [1.807, 2.05) is 36.4 Å². The minimum Gasteiger partial charge on any atom is -0.497 e. The van der Waals surface area contributed by atoms with E-state index < -0.39 is 15.9 Å². The van der Waals surface area contributed by atoms with Crippen LogP contribution in [0.2, 0.25) is 0 Å². The second kappa shape index (κ2) is 10.6. The van der Waals surface area contributed by atoms with Crippen LogP contribution in [0.25, 0.3) is 0 Å². The average molecular weight is 483 g/mol. The van der Waals surface area contributed by atoms with Gasteiger partial charge in [0, 0.05) is 13.1 Å². The molecule has 0 fully saturated rings. The summed E-state index contributed by atoms with van der Waals surface area (Å²) in [5, 5.41) is 2.80. The molecule has 0 radical (unpaired) electrons. The van der Waals surface area contributed by atoms with Crippen molar-refractivity contribution in [1.82, 2.24) is 9.62 Å². The number of benzene rings is 3. The molecule has 178 valence electrons. The van der Waals surface area contributed by atoms with Gasteiger partial charge in [0.15, 0.2) is 11.5 Å². The van der Waals surface area contributed by atoms with E-state index in [1.54, 1.807) is 24.3 Å². The van der Waals surface area contributed by atoms with Crippen LogP contribution in [0.5, 0.6) is 17.2 Å². The Bertz CT molecular complexity index is 1230. The Hall–Kier alpha value is -3.56. The quantitative estimate of drug-likeness (QED) is 0.478. The molecule has 1 amide bonds. The summed E-state index contributed by atoms with van der Waals surface area (Å²) in [6.07, 6.45) is 0.478. The van der Waals surface area contributed by atoms with Crippen molar-refractivity contribution in [3.8, 4) is 17.2 Å². The molecule has 8 nitrogen and oxygen atoms in total. The van der Waals surface area contributed by atoms with Gasteiger partial charge in [0.05, 0.1) is 18.6 Å². The van der Waals surface area contributed by atoms with Gasteiger partial charge < -0.3 is 19.5 Å². The molecule has 0 bridgehead atoms. The predicted molar refractivity (Wildman–Crippen MR) is 126 cm³/mol. The Labute approximate surface area is 199 Å². The van der Waals surface area contributed by atoms with E-state index in [9.17, 15) is 13.2 Å². The summed E-state index contributed by atoms with van der Waals surface area (Å²) < 4.78 is 43.7. The summed E-state index contributed by atoms with van der Waals surface area (Å²) in [4.78, 5) is 12.9. The van der Waals surface area contributed by atoms with Gasteiger partial charge >= 0.3 is 0 Å². The minimum absolute atomic E-state index is 0.102. The van der Waals surface area contributed by atoms with Crippen LogP contribution in [-0.4, -0.2) is 45.6 Å². The van der Waals surface area contributed by atoms with Crippen LogP contribution in [0.15, 0.2) is 77.7 Å². The van der Waals surface area contributed by atoms with Crippen molar-refractivity contribution >= 4 is 15.9 Å². The van der Waals surface area contributed by atoms with Crippen molar-refractivity contribution in [2.24, 2.45) is 0 Å². The second-order valence-corrected chi connectivity index (χ2v) is 9.65. The first-order chi connectivity index (χ1) is 16.5. The number of nitrogens with one attached hydrogen (secondary N) is 1. The first kappa shape index (κ1) is 23.6. The lowest BCUT2D eigenvalue weighted by molar-refractivity contribution is -0.121. The highest BCUT2D eigenvalue weighted by Gasteiger charge is 2.26. The maximum absolute atomic E-state index is 13.4. The third-order valence-corrected chi connectivity index (χ3v) is 7.30. The summed E-state index contributed by atoms with van der Waals surface area (Å²) in [6, 6.07) is 21.1. The van der Waals surface area contributed by atoms with Crippen LogP contribution in [0, 0.1) is 0 Å². The third kappa shape index (κ3) is 5.67. The number of rotatable bonds is 10. The maximum atomic E-state index is 13.4. The molecule has 34 heavy (non-hydrogen) atoms. The molecule has 0 aromatic heterocycles. The van der Waals surface area contributed by atoms with Gasteiger partial charge in [-0.25, -0.2) is 8.42 Å². The zero-order valence-corrected chi connectivity index (χ0v) is 19.6. The van der Waals surface area contributed by atoms with E-state index in [4.69, 9.17) is 14.2 Å². The van der Waals surface area contributed by atoms with Crippen LogP contribution in [-0.2, 0) is 27.8 Å². The number of hydrogen-bond donors (Lipinski definition) is 1. The molecule has 4 rings (SSSR count). The van der Waals surface area contributed by atoms with Crippen molar-refractivity contribution in [1.29, 1.82) is 0 Å². The molecule has 3 aromatic rings. The molecule has 0 atom stereocenters. The van der Waals surface area contributed by atoms with Crippen molar-refractivity contribution in [3.63, 3.8) is 0 Å². The van der Waals surface area contributed by atoms with E-state index in [-0.39, 0.29) is 31.3 Å². The molecule has 9 heteroatoms. The molecule has 3 aromatic carbocycles. The topological polar surface area (TPSA) is 94.2 Å². The van der Waals surface area contributed by atoms with Crippen LogP contribution >= 0.6 is 0 Å². The first-order valence-electron chi connectivity index (χ1n) is 10.8. The largest absolute Gasteiger partial charge is 0.497 e. The standard InChI is InChI=1S/C25H26N2O6S/c1-31-21-8-10-22(11-9-21)34(29,30)27(14-13-19-5-3-2-4-6-19)17-25(28)26-16-20-7-12-23-24(15-20)33-18-32-23/h2-12,15H,13-14,16-18H2,1H3,(H,26,28). The molecule has 0 spiro atoms. The number of methoxy groups -OCH3 is 1. The lowest BCUT2D eigenvalue weighted by Crippen LogP contribution is -2.41. The third-order valence-electron chi connectivity index (χ3n) is 5.44. The normalized spacial score (nSPS) is 12.5. The maximum Gasteiger partial charge on any atom is 0.243 e. The average Bonchev–Trinajstić information content (AvgIpc) is 3.34. The molecule has 1 aliphatic rings. The lowest BCUT2D eigenvalue weighted by atomic mass is 10.1. The van der Waals surface area contributed by atoms with Crippen molar-refractivity contribution in [2.45, 2.75) is 17.9 Å².